The van der Waals surface area contributed by atoms with Crippen LogP contribution in [0.3, 0.4) is 0 Å². The Balaban J connectivity index is 1.40. The Hall–Kier alpha value is -5.22. The van der Waals surface area contributed by atoms with E-state index < -0.39 is 0 Å². The zero-order chi connectivity index (χ0) is 26.4. The van der Waals surface area contributed by atoms with Crippen molar-refractivity contribution in [3.05, 3.63) is 157 Å². The van der Waals surface area contributed by atoms with E-state index >= 15 is 0 Å². The maximum atomic E-state index is 10.4. The highest BCUT2D eigenvalue weighted by Gasteiger charge is 2.16. The van der Waals surface area contributed by atoms with Gasteiger partial charge in [-0.25, -0.2) is 9.97 Å². The van der Waals surface area contributed by atoms with E-state index in [1.165, 1.54) is 11.1 Å². The molecule has 188 valence electrons. The zero-order valence-electron chi connectivity index (χ0n) is 21.4. The van der Waals surface area contributed by atoms with E-state index in [1.807, 2.05) is 72.9 Å². The fraction of sp³-hybridized carbons (Fsp3) is 0.0286. The van der Waals surface area contributed by atoms with Crippen molar-refractivity contribution in [3.8, 4) is 28.3 Å². The third-order valence-corrected chi connectivity index (χ3v) is 6.63. The molecule has 2 aromatic heterocycles. The van der Waals surface area contributed by atoms with Crippen LogP contribution in [-0.2, 0) is 6.42 Å². The van der Waals surface area contributed by atoms with E-state index in [0.717, 1.165) is 40.6 Å². The van der Waals surface area contributed by atoms with Crippen LogP contribution in [0.1, 0.15) is 11.1 Å². The highest BCUT2D eigenvalue weighted by Crippen LogP contribution is 2.36. The largest absolute Gasteiger partial charge is 0.507 e. The molecule has 2 heterocycles. The molecule has 0 aliphatic carbocycles. The predicted octanol–water partition coefficient (Wildman–Crippen LogP) is 8.58. The molecule has 0 spiro atoms. The molecule has 0 saturated heterocycles. The number of aromatic nitrogens is 2. The molecule has 1 N–H and O–H groups in total. The Kier molecular flexibility index (Phi) is 6.83. The number of hydrogen-bond donors (Lipinski definition) is 1. The van der Waals surface area contributed by atoms with Gasteiger partial charge >= 0.3 is 0 Å². The molecule has 0 aliphatic heterocycles. The van der Waals surface area contributed by atoms with Crippen LogP contribution in [0.15, 0.2) is 146 Å². The number of nitrogens with zero attached hydrogens (tertiary/aromatic N) is 3. The van der Waals surface area contributed by atoms with Gasteiger partial charge in [-0.2, -0.15) is 0 Å². The first-order chi connectivity index (χ1) is 19.2. The van der Waals surface area contributed by atoms with E-state index in [4.69, 9.17) is 9.97 Å². The van der Waals surface area contributed by atoms with Gasteiger partial charge < -0.3 is 5.11 Å². The average molecular weight is 506 g/mol. The van der Waals surface area contributed by atoms with Crippen molar-refractivity contribution in [2.24, 2.45) is 0 Å². The first kappa shape index (κ1) is 24.1. The van der Waals surface area contributed by atoms with Gasteiger partial charge in [0.2, 0.25) is 0 Å². The molecule has 39 heavy (non-hydrogen) atoms. The Morgan fingerprint density at radius 1 is 0.564 bits per heavy atom. The van der Waals surface area contributed by atoms with Crippen molar-refractivity contribution in [3.63, 3.8) is 0 Å². The lowest BCUT2D eigenvalue weighted by atomic mass is 10.1. The highest BCUT2D eigenvalue weighted by molar-refractivity contribution is 5.78. The second kappa shape index (κ2) is 11.0. The third kappa shape index (κ3) is 5.41. The van der Waals surface area contributed by atoms with E-state index in [-0.39, 0.29) is 5.75 Å². The first-order valence-corrected chi connectivity index (χ1v) is 12.9. The van der Waals surface area contributed by atoms with Crippen LogP contribution in [0.5, 0.6) is 5.75 Å². The van der Waals surface area contributed by atoms with Crippen LogP contribution >= 0.6 is 0 Å². The minimum Gasteiger partial charge on any atom is -0.507 e. The summed E-state index contributed by atoms with van der Waals surface area (Å²) >= 11 is 0. The standard InChI is InChI=1S/C35H27N3O/c39-34-20-8-7-17-31(34)33-19-10-18-32(37-33)28-13-9-16-30(25-28)38(29-14-5-2-6-15-29)35-24-27(21-22-36-35)23-26-11-3-1-4-12-26/h1-22,24-25,39H,23H2. The van der Waals surface area contributed by atoms with Gasteiger partial charge in [0.1, 0.15) is 11.6 Å². The van der Waals surface area contributed by atoms with E-state index in [0.29, 0.717) is 5.56 Å². The third-order valence-electron chi connectivity index (χ3n) is 6.63. The summed E-state index contributed by atoms with van der Waals surface area (Å²) in [7, 11) is 0. The SMILES string of the molecule is Oc1ccccc1-c1cccc(-c2cccc(N(c3ccccc3)c3cc(Cc4ccccc4)ccn3)c2)n1. The molecule has 0 bridgehead atoms. The fourth-order valence-corrected chi connectivity index (χ4v) is 4.76. The molecule has 0 aliphatic rings. The van der Waals surface area contributed by atoms with Crippen molar-refractivity contribution >= 4 is 17.2 Å². The first-order valence-electron chi connectivity index (χ1n) is 12.9. The summed E-state index contributed by atoms with van der Waals surface area (Å²) in [6.07, 6.45) is 2.72. The van der Waals surface area contributed by atoms with Crippen molar-refractivity contribution in [1.82, 2.24) is 9.97 Å². The number of phenols is 1. The molecule has 4 heteroatoms. The fourth-order valence-electron chi connectivity index (χ4n) is 4.76. The number of rotatable bonds is 7. The smallest absolute Gasteiger partial charge is 0.137 e. The molecule has 0 unspecified atom stereocenters. The number of benzene rings is 4. The van der Waals surface area contributed by atoms with Crippen LogP contribution in [0.25, 0.3) is 22.5 Å². The summed E-state index contributed by atoms with van der Waals surface area (Å²) in [5, 5.41) is 10.4. The second-order valence-corrected chi connectivity index (χ2v) is 9.33. The van der Waals surface area contributed by atoms with Gasteiger partial charge in [0.05, 0.1) is 11.4 Å². The minimum absolute atomic E-state index is 0.215. The van der Waals surface area contributed by atoms with Crippen molar-refractivity contribution in [2.45, 2.75) is 6.42 Å². The van der Waals surface area contributed by atoms with Crippen LogP contribution in [0.4, 0.5) is 17.2 Å². The summed E-state index contributed by atoms with van der Waals surface area (Å²) in [4.78, 5) is 11.8. The predicted molar refractivity (Wildman–Crippen MR) is 158 cm³/mol. The summed E-state index contributed by atoms with van der Waals surface area (Å²) in [6, 6.07) is 46.5. The Bertz CT molecular complexity index is 1700. The van der Waals surface area contributed by atoms with Crippen LogP contribution < -0.4 is 4.90 Å². The van der Waals surface area contributed by atoms with Gasteiger partial charge in [-0.1, -0.05) is 78.9 Å². The van der Waals surface area contributed by atoms with Crippen molar-refractivity contribution in [1.29, 1.82) is 0 Å². The van der Waals surface area contributed by atoms with Gasteiger partial charge in [-0.05, 0) is 78.2 Å². The van der Waals surface area contributed by atoms with Gasteiger partial charge in [-0.15, -0.1) is 0 Å². The van der Waals surface area contributed by atoms with Gasteiger partial charge in [0.15, 0.2) is 0 Å². The number of para-hydroxylation sites is 2. The molecule has 6 aromatic rings. The maximum Gasteiger partial charge on any atom is 0.137 e. The molecular formula is C35H27N3O. The van der Waals surface area contributed by atoms with Gasteiger partial charge in [0.25, 0.3) is 0 Å². The maximum absolute atomic E-state index is 10.4. The van der Waals surface area contributed by atoms with E-state index in [9.17, 15) is 5.11 Å². The summed E-state index contributed by atoms with van der Waals surface area (Å²) in [5.74, 6) is 1.07. The summed E-state index contributed by atoms with van der Waals surface area (Å²) in [6.45, 7) is 0. The lowest BCUT2D eigenvalue weighted by molar-refractivity contribution is 0.477. The monoisotopic (exact) mass is 505 g/mol. The number of pyridine rings is 2. The van der Waals surface area contributed by atoms with E-state index in [2.05, 4.69) is 71.6 Å². The molecule has 4 nitrogen and oxygen atoms in total. The Morgan fingerprint density at radius 2 is 1.26 bits per heavy atom. The molecule has 0 saturated carbocycles. The molecule has 6 rings (SSSR count). The second-order valence-electron chi connectivity index (χ2n) is 9.33. The van der Waals surface area contributed by atoms with Crippen LogP contribution in [-0.4, -0.2) is 15.1 Å². The topological polar surface area (TPSA) is 49.2 Å². The van der Waals surface area contributed by atoms with Crippen LogP contribution in [0.2, 0.25) is 0 Å². The number of aromatic hydroxyl groups is 1. The lowest BCUT2D eigenvalue weighted by Gasteiger charge is -2.25. The number of anilines is 3. The lowest BCUT2D eigenvalue weighted by Crippen LogP contribution is -2.12. The minimum atomic E-state index is 0.215. The van der Waals surface area contributed by atoms with Crippen molar-refractivity contribution < 1.29 is 5.11 Å². The van der Waals surface area contributed by atoms with Crippen LogP contribution in [0, 0.1) is 0 Å². The quantitative estimate of drug-likeness (QED) is 0.236. The molecule has 0 atom stereocenters. The number of hydrogen-bond acceptors (Lipinski definition) is 4. The highest BCUT2D eigenvalue weighted by atomic mass is 16.3. The molecule has 0 radical (unpaired) electrons. The molecular weight excluding hydrogens is 478 g/mol. The molecule has 0 amide bonds. The molecule has 4 aromatic carbocycles. The van der Waals surface area contributed by atoms with Gasteiger partial charge in [0, 0.05) is 28.7 Å². The van der Waals surface area contributed by atoms with Gasteiger partial charge in [-0.3, -0.25) is 4.90 Å². The number of phenolic OH excluding ortho intramolecular Hbond substituents is 1. The Labute approximate surface area is 228 Å². The zero-order valence-corrected chi connectivity index (χ0v) is 21.4. The van der Waals surface area contributed by atoms with E-state index in [1.54, 1.807) is 6.07 Å². The normalized spacial score (nSPS) is 10.8. The summed E-state index contributed by atoms with van der Waals surface area (Å²) < 4.78 is 0. The summed E-state index contributed by atoms with van der Waals surface area (Å²) in [5.41, 5.74) is 7.71. The average Bonchev–Trinajstić information content (AvgIpc) is 2.99. The molecule has 0 fully saturated rings. The Morgan fingerprint density at radius 3 is 2.08 bits per heavy atom. The van der Waals surface area contributed by atoms with Crippen molar-refractivity contribution in [2.75, 3.05) is 4.90 Å².